The molecule has 148 valence electrons. The van der Waals surface area contributed by atoms with Crippen LogP contribution in [0.25, 0.3) is 0 Å². The van der Waals surface area contributed by atoms with Gasteiger partial charge in [-0.15, -0.1) is 0 Å². The first kappa shape index (κ1) is 19.6. The number of hydrogen-bond donors (Lipinski definition) is 2. The van der Waals surface area contributed by atoms with Crippen LogP contribution in [0.5, 0.6) is 0 Å². The SMILES string of the molecule is CS(=O)(=O)N1CCCc2ccc(NC(=O)[C@H]3CCCN(CC(N)=O)C3)cc21. The summed E-state index contributed by atoms with van der Waals surface area (Å²) in [5.41, 5.74) is 7.44. The summed E-state index contributed by atoms with van der Waals surface area (Å²) in [5, 5.41) is 2.90. The van der Waals surface area contributed by atoms with Crippen molar-refractivity contribution in [2.75, 3.05) is 42.1 Å². The van der Waals surface area contributed by atoms with E-state index in [0.717, 1.165) is 37.8 Å². The lowest BCUT2D eigenvalue weighted by atomic mass is 9.96. The van der Waals surface area contributed by atoms with Crippen LogP contribution in [0.4, 0.5) is 11.4 Å². The van der Waals surface area contributed by atoms with Crippen LogP contribution >= 0.6 is 0 Å². The van der Waals surface area contributed by atoms with Gasteiger partial charge >= 0.3 is 0 Å². The third kappa shape index (κ3) is 4.78. The highest BCUT2D eigenvalue weighted by Gasteiger charge is 2.28. The molecule has 1 atom stereocenters. The minimum Gasteiger partial charge on any atom is -0.369 e. The number of nitrogens with zero attached hydrogens (tertiary/aromatic N) is 2. The normalized spacial score (nSPS) is 20.8. The Kier molecular flexibility index (Phi) is 5.71. The van der Waals surface area contributed by atoms with Crippen molar-refractivity contribution in [3.05, 3.63) is 23.8 Å². The van der Waals surface area contributed by atoms with E-state index in [1.54, 1.807) is 6.07 Å². The number of hydrogen-bond acceptors (Lipinski definition) is 5. The minimum absolute atomic E-state index is 0.120. The van der Waals surface area contributed by atoms with Crippen LogP contribution in [-0.2, 0) is 26.0 Å². The zero-order chi connectivity index (χ0) is 19.6. The number of nitrogens with one attached hydrogen (secondary N) is 1. The molecule has 3 rings (SSSR count). The first-order chi connectivity index (χ1) is 12.7. The Morgan fingerprint density at radius 2 is 2.04 bits per heavy atom. The molecule has 0 aromatic heterocycles. The molecule has 1 fully saturated rings. The van der Waals surface area contributed by atoms with Gasteiger partial charge in [0.25, 0.3) is 0 Å². The first-order valence-electron chi connectivity index (χ1n) is 9.16. The molecular formula is C18H26N4O4S. The number of piperidine rings is 1. The van der Waals surface area contributed by atoms with Crippen molar-refractivity contribution in [2.45, 2.75) is 25.7 Å². The van der Waals surface area contributed by atoms with E-state index in [9.17, 15) is 18.0 Å². The second kappa shape index (κ2) is 7.85. The van der Waals surface area contributed by atoms with Gasteiger partial charge in [0.05, 0.1) is 24.4 Å². The molecule has 2 aliphatic heterocycles. The highest BCUT2D eigenvalue weighted by molar-refractivity contribution is 7.92. The summed E-state index contributed by atoms with van der Waals surface area (Å²) >= 11 is 0. The molecule has 27 heavy (non-hydrogen) atoms. The number of carbonyl (C=O) groups excluding carboxylic acids is 2. The summed E-state index contributed by atoms with van der Waals surface area (Å²) in [6, 6.07) is 5.42. The van der Waals surface area contributed by atoms with Crippen LogP contribution in [0.15, 0.2) is 18.2 Å². The molecule has 1 saturated heterocycles. The Morgan fingerprint density at radius 3 is 2.74 bits per heavy atom. The number of anilines is 2. The average molecular weight is 394 g/mol. The van der Waals surface area contributed by atoms with E-state index in [4.69, 9.17) is 5.73 Å². The second-order valence-electron chi connectivity index (χ2n) is 7.31. The molecular weight excluding hydrogens is 368 g/mol. The largest absolute Gasteiger partial charge is 0.369 e. The van der Waals surface area contributed by atoms with Gasteiger partial charge in [-0.1, -0.05) is 6.07 Å². The number of primary amides is 1. The maximum atomic E-state index is 12.7. The Balaban J connectivity index is 1.72. The predicted molar refractivity (Wildman–Crippen MR) is 104 cm³/mol. The van der Waals surface area contributed by atoms with Crippen molar-refractivity contribution in [1.82, 2.24) is 4.90 Å². The zero-order valence-corrected chi connectivity index (χ0v) is 16.3. The summed E-state index contributed by atoms with van der Waals surface area (Å²) < 4.78 is 25.5. The van der Waals surface area contributed by atoms with Gasteiger partial charge in [-0.25, -0.2) is 8.42 Å². The van der Waals surface area contributed by atoms with Crippen molar-refractivity contribution in [3.8, 4) is 0 Å². The highest BCUT2D eigenvalue weighted by atomic mass is 32.2. The molecule has 9 heteroatoms. The van der Waals surface area contributed by atoms with Gasteiger partial charge in [0.15, 0.2) is 0 Å². The van der Waals surface area contributed by atoms with Crippen molar-refractivity contribution in [2.24, 2.45) is 11.7 Å². The lowest BCUT2D eigenvalue weighted by Gasteiger charge is -2.31. The van der Waals surface area contributed by atoms with E-state index < -0.39 is 15.9 Å². The molecule has 1 aromatic rings. The van der Waals surface area contributed by atoms with Crippen LogP contribution < -0.4 is 15.4 Å². The van der Waals surface area contributed by atoms with Gasteiger partial charge in [-0.3, -0.25) is 18.8 Å². The molecule has 0 bridgehead atoms. The molecule has 3 N–H and O–H groups in total. The number of fused-ring (bicyclic) bond motifs is 1. The van der Waals surface area contributed by atoms with E-state index in [1.165, 1.54) is 10.6 Å². The quantitative estimate of drug-likeness (QED) is 0.757. The average Bonchev–Trinajstić information content (AvgIpc) is 2.60. The Bertz CT molecular complexity index is 840. The lowest BCUT2D eigenvalue weighted by molar-refractivity contribution is -0.124. The predicted octanol–water partition coefficient (Wildman–Crippen LogP) is 0.535. The van der Waals surface area contributed by atoms with Gasteiger partial charge in [0.1, 0.15) is 0 Å². The fourth-order valence-electron chi connectivity index (χ4n) is 3.84. The molecule has 0 saturated carbocycles. The number of likely N-dealkylation sites (tertiary alicyclic amines) is 1. The molecule has 8 nitrogen and oxygen atoms in total. The van der Waals surface area contributed by atoms with Crippen LogP contribution in [0.2, 0.25) is 0 Å². The minimum atomic E-state index is -3.35. The van der Waals surface area contributed by atoms with Crippen molar-refractivity contribution in [3.63, 3.8) is 0 Å². The topological polar surface area (TPSA) is 113 Å². The van der Waals surface area contributed by atoms with Crippen molar-refractivity contribution >= 4 is 33.2 Å². The van der Waals surface area contributed by atoms with Crippen molar-refractivity contribution < 1.29 is 18.0 Å². The van der Waals surface area contributed by atoms with Crippen LogP contribution in [0.3, 0.4) is 0 Å². The maximum absolute atomic E-state index is 12.7. The molecule has 0 aliphatic carbocycles. The first-order valence-corrected chi connectivity index (χ1v) is 11.0. The summed E-state index contributed by atoms with van der Waals surface area (Å²) in [4.78, 5) is 25.7. The number of nitrogens with two attached hydrogens (primary N) is 1. The highest BCUT2D eigenvalue weighted by Crippen LogP contribution is 2.32. The third-order valence-corrected chi connectivity index (χ3v) is 6.26. The number of rotatable bonds is 5. The van der Waals surface area contributed by atoms with Crippen LogP contribution in [0.1, 0.15) is 24.8 Å². The zero-order valence-electron chi connectivity index (χ0n) is 15.5. The van der Waals surface area contributed by atoms with E-state index >= 15 is 0 Å². The molecule has 1 aromatic carbocycles. The van der Waals surface area contributed by atoms with E-state index in [0.29, 0.717) is 24.5 Å². The van der Waals surface area contributed by atoms with E-state index in [1.807, 2.05) is 17.0 Å². The van der Waals surface area contributed by atoms with Gasteiger partial charge in [-0.2, -0.15) is 0 Å². The van der Waals surface area contributed by atoms with Crippen molar-refractivity contribution in [1.29, 1.82) is 0 Å². The number of sulfonamides is 1. The van der Waals surface area contributed by atoms with Gasteiger partial charge in [0, 0.05) is 18.8 Å². The molecule has 0 radical (unpaired) electrons. The summed E-state index contributed by atoms with van der Waals surface area (Å²) in [5.74, 6) is -0.738. The van der Waals surface area contributed by atoms with Crippen LogP contribution in [0, 0.1) is 5.92 Å². The standard InChI is InChI=1S/C18H26N4O4S/c1-27(25,26)22-9-3-4-13-6-7-15(10-16(13)22)20-18(24)14-5-2-8-21(11-14)12-17(19)23/h6-7,10,14H,2-5,8-9,11-12H2,1H3,(H2,19,23)(H,20,24)/t14-/m0/s1. The van der Waals surface area contributed by atoms with E-state index in [2.05, 4.69) is 5.32 Å². The molecule has 2 heterocycles. The maximum Gasteiger partial charge on any atom is 0.232 e. The number of aryl methyl sites for hydroxylation is 1. The fourth-order valence-corrected chi connectivity index (χ4v) is 4.83. The van der Waals surface area contributed by atoms with Gasteiger partial charge < -0.3 is 11.1 Å². The monoisotopic (exact) mass is 394 g/mol. The lowest BCUT2D eigenvalue weighted by Crippen LogP contribution is -2.44. The number of carbonyl (C=O) groups is 2. The second-order valence-corrected chi connectivity index (χ2v) is 9.22. The third-order valence-electron chi connectivity index (χ3n) is 5.08. The molecule has 2 aliphatic rings. The number of benzene rings is 1. The van der Waals surface area contributed by atoms with Gasteiger partial charge in [0.2, 0.25) is 21.8 Å². The Labute approximate surface area is 159 Å². The molecule has 0 unspecified atom stereocenters. The number of amides is 2. The van der Waals surface area contributed by atoms with Gasteiger partial charge in [-0.05, 0) is 49.9 Å². The Hall–Kier alpha value is -2.13. The Morgan fingerprint density at radius 1 is 1.26 bits per heavy atom. The molecule has 2 amide bonds. The summed E-state index contributed by atoms with van der Waals surface area (Å²) in [6.07, 6.45) is 4.38. The molecule has 0 spiro atoms. The summed E-state index contributed by atoms with van der Waals surface area (Å²) in [7, 11) is -3.35. The van der Waals surface area contributed by atoms with Crippen LogP contribution in [-0.4, -0.2) is 57.6 Å². The smallest absolute Gasteiger partial charge is 0.232 e. The summed E-state index contributed by atoms with van der Waals surface area (Å²) in [6.45, 7) is 1.87. The van der Waals surface area contributed by atoms with E-state index in [-0.39, 0.29) is 18.4 Å². The fraction of sp³-hybridized carbons (Fsp3) is 0.556.